The number of nitrogens with zero attached hydrogens (tertiary/aromatic N) is 3. The average molecular weight is 231 g/mol. The molecule has 0 aliphatic carbocycles. The summed E-state index contributed by atoms with van der Waals surface area (Å²) in [7, 11) is 0. The van der Waals surface area contributed by atoms with Crippen LogP contribution in [-0.2, 0) is 6.54 Å². The van der Waals surface area contributed by atoms with Gasteiger partial charge in [0.2, 0.25) is 5.75 Å². The second-order valence-corrected chi connectivity index (χ2v) is 3.42. The average Bonchev–Trinajstić information content (AvgIpc) is 2.58. The molecule has 4 N–H and O–H groups in total. The molecule has 0 spiro atoms. The number of H-pyrrole nitrogens is 1. The van der Waals surface area contributed by atoms with Gasteiger partial charge in [0, 0.05) is 6.20 Å². The summed E-state index contributed by atoms with van der Waals surface area (Å²) in [6, 6.07) is 5.16. The summed E-state index contributed by atoms with van der Waals surface area (Å²) < 4.78 is 1.14. The largest absolute Gasteiger partial charge is 0.500 e. The van der Waals surface area contributed by atoms with Gasteiger partial charge in [0.25, 0.3) is 0 Å². The van der Waals surface area contributed by atoms with Gasteiger partial charge in [-0.1, -0.05) is 0 Å². The Morgan fingerprint density at radius 2 is 2.35 bits per heavy atom. The molecule has 0 unspecified atom stereocenters. The van der Waals surface area contributed by atoms with Crippen molar-refractivity contribution in [2.45, 2.75) is 6.54 Å². The summed E-state index contributed by atoms with van der Waals surface area (Å²) in [5.41, 5.74) is 5.76. The van der Waals surface area contributed by atoms with Crippen molar-refractivity contribution in [3.63, 3.8) is 0 Å². The molecule has 2 heterocycles. The third-order valence-corrected chi connectivity index (χ3v) is 2.23. The SMILES string of the molecule is N#Cc1ccc(Cn2[nH]c(N)c(O)c2=O)nc1. The first-order valence-electron chi connectivity index (χ1n) is 4.74. The van der Waals surface area contributed by atoms with E-state index in [1.807, 2.05) is 6.07 Å². The van der Waals surface area contributed by atoms with Crippen LogP contribution in [0.2, 0.25) is 0 Å². The fourth-order valence-electron chi connectivity index (χ4n) is 1.35. The summed E-state index contributed by atoms with van der Waals surface area (Å²) in [4.78, 5) is 15.4. The van der Waals surface area contributed by atoms with Crippen LogP contribution in [-0.4, -0.2) is 19.9 Å². The van der Waals surface area contributed by atoms with Gasteiger partial charge in [-0.3, -0.25) is 14.9 Å². The van der Waals surface area contributed by atoms with Crippen LogP contribution in [0, 0.1) is 11.3 Å². The molecule has 0 radical (unpaired) electrons. The summed E-state index contributed by atoms with van der Waals surface area (Å²) in [6.07, 6.45) is 1.41. The zero-order valence-corrected chi connectivity index (χ0v) is 8.71. The number of anilines is 1. The Balaban J connectivity index is 2.29. The molecule has 0 aliphatic heterocycles. The van der Waals surface area contributed by atoms with Crippen molar-refractivity contribution in [1.29, 1.82) is 5.26 Å². The minimum absolute atomic E-state index is 0.0800. The van der Waals surface area contributed by atoms with Crippen LogP contribution in [0.4, 0.5) is 5.82 Å². The van der Waals surface area contributed by atoms with Crippen molar-refractivity contribution in [3.05, 3.63) is 39.9 Å². The van der Waals surface area contributed by atoms with Crippen molar-refractivity contribution < 1.29 is 5.11 Å². The molecule has 86 valence electrons. The number of pyridine rings is 1. The normalized spacial score (nSPS) is 10.1. The number of aromatic hydroxyl groups is 1. The monoisotopic (exact) mass is 231 g/mol. The lowest BCUT2D eigenvalue weighted by Crippen LogP contribution is -2.17. The van der Waals surface area contributed by atoms with Gasteiger partial charge in [0.15, 0.2) is 5.82 Å². The maximum Gasteiger partial charge on any atom is 0.311 e. The highest BCUT2D eigenvalue weighted by molar-refractivity contribution is 5.42. The molecule has 17 heavy (non-hydrogen) atoms. The van der Waals surface area contributed by atoms with Gasteiger partial charge in [-0.2, -0.15) is 5.26 Å². The number of aromatic amines is 1. The molecule has 0 saturated heterocycles. The van der Waals surface area contributed by atoms with Crippen LogP contribution in [0.5, 0.6) is 5.75 Å². The van der Waals surface area contributed by atoms with Gasteiger partial charge in [-0.15, -0.1) is 0 Å². The van der Waals surface area contributed by atoms with E-state index in [-0.39, 0.29) is 12.4 Å². The Morgan fingerprint density at radius 3 is 2.82 bits per heavy atom. The van der Waals surface area contributed by atoms with E-state index in [9.17, 15) is 9.90 Å². The van der Waals surface area contributed by atoms with Crippen molar-refractivity contribution in [2.24, 2.45) is 0 Å². The molecule has 0 amide bonds. The maximum atomic E-state index is 11.4. The first kappa shape index (κ1) is 10.8. The van der Waals surface area contributed by atoms with Crippen LogP contribution < -0.4 is 11.3 Å². The van der Waals surface area contributed by atoms with E-state index in [4.69, 9.17) is 11.0 Å². The number of nitrogen functional groups attached to an aromatic ring is 1. The topological polar surface area (TPSA) is 121 Å². The van der Waals surface area contributed by atoms with Crippen LogP contribution in [0.15, 0.2) is 23.1 Å². The number of nitriles is 1. The van der Waals surface area contributed by atoms with E-state index in [0.717, 1.165) is 4.68 Å². The highest BCUT2D eigenvalue weighted by atomic mass is 16.3. The fourth-order valence-corrected chi connectivity index (χ4v) is 1.35. The number of nitrogens with two attached hydrogens (primary N) is 1. The third-order valence-electron chi connectivity index (χ3n) is 2.23. The Morgan fingerprint density at radius 1 is 1.59 bits per heavy atom. The molecule has 0 atom stereocenters. The van der Waals surface area contributed by atoms with Crippen molar-refractivity contribution in [1.82, 2.24) is 14.8 Å². The number of hydrogen-bond donors (Lipinski definition) is 3. The van der Waals surface area contributed by atoms with E-state index in [1.54, 1.807) is 12.1 Å². The summed E-state index contributed by atoms with van der Waals surface area (Å²) in [6.45, 7) is 0.148. The van der Waals surface area contributed by atoms with E-state index in [1.165, 1.54) is 6.20 Å². The summed E-state index contributed by atoms with van der Waals surface area (Å²) in [5, 5.41) is 20.4. The lowest BCUT2D eigenvalue weighted by molar-refractivity contribution is 0.469. The number of hydrogen-bond acceptors (Lipinski definition) is 5. The lowest BCUT2D eigenvalue weighted by Gasteiger charge is -2.00. The van der Waals surface area contributed by atoms with Crippen molar-refractivity contribution >= 4 is 5.82 Å². The Hall–Kier alpha value is -2.75. The molecular formula is C10H9N5O2. The molecule has 7 heteroatoms. The Bertz CT molecular complexity index is 632. The van der Waals surface area contributed by atoms with Crippen LogP contribution in [0.25, 0.3) is 0 Å². The number of rotatable bonds is 2. The van der Waals surface area contributed by atoms with E-state index >= 15 is 0 Å². The Labute approximate surface area is 95.7 Å². The highest BCUT2D eigenvalue weighted by Gasteiger charge is 2.10. The van der Waals surface area contributed by atoms with E-state index in [0.29, 0.717) is 11.3 Å². The van der Waals surface area contributed by atoms with Gasteiger partial charge >= 0.3 is 5.56 Å². The molecule has 2 aromatic rings. The lowest BCUT2D eigenvalue weighted by atomic mass is 10.3. The molecule has 0 fully saturated rings. The van der Waals surface area contributed by atoms with Crippen LogP contribution in [0.1, 0.15) is 11.3 Å². The quantitative estimate of drug-likeness (QED) is 0.659. The second kappa shape index (κ2) is 4.02. The third kappa shape index (κ3) is 1.96. The van der Waals surface area contributed by atoms with Gasteiger partial charge in [0.1, 0.15) is 6.07 Å². The zero-order chi connectivity index (χ0) is 12.4. The summed E-state index contributed by atoms with van der Waals surface area (Å²) in [5.74, 6) is -0.581. The maximum absolute atomic E-state index is 11.4. The number of aromatic nitrogens is 3. The molecule has 0 aliphatic rings. The molecular weight excluding hydrogens is 222 g/mol. The van der Waals surface area contributed by atoms with Gasteiger partial charge in [-0.25, -0.2) is 4.68 Å². The highest BCUT2D eigenvalue weighted by Crippen LogP contribution is 2.10. The fraction of sp³-hybridized carbons (Fsp3) is 0.100. The predicted octanol–water partition coefficient (Wildman–Crippen LogP) is -0.221. The van der Waals surface area contributed by atoms with Crippen molar-refractivity contribution in [3.8, 4) is 11.8 Å². The first-order chi connectivity index (χ1) is 8.11. The minimum atomic E-state index is -0.603. The van der Waals surface area contributed by atoms with E-state index in [2.05, 4.69) is 10.1 Å². The molecule has 2 rings (SSSR count). The zero-order valence-electron chi connectivity index (χ0n) is 8.71. The van der Waals surface area contributed by atoms with Gasteiger partial charge in [0.05, 0.1) is 17.8 Å². The summed E-state index contributed by atoms with van der Waals surface area (Å²) >= 11 is 0. The second-order valence-electron chi connectivity index (χ2n) is 3.42. The van der Waals surface area contributed by atoms with Crippen LogP contribution in [0.3, 0.4) is 0 Å². The molecule has 2 aromatic heterocycles. The minimum Gasteiger partial charge on any atom is -0.500 e. The predicted molar refractivity (Wildman–Crippen MR) is 59.2 cm³/mol. The molecule has 7 nitrogen and oxygen atoms in total. The first-order valence-corrected chi connectivity index (χ1v) is 4.74. The van der Waals surface area contributed by atoms with Crippen molar-refractivity contribution in [2.75, 3.05) is 5.73 Å². The van der Waals surface area contributed by atoms with E-state index < -0.39 is 11.3 Å². The Kier molecular flexibility index (Phi) is 2.54. The van der Waals surface area contributed by atoms with Crippen LogP contribution >= 0.6 is 0 Å². The smallest absolute Gasteiger partial charge is 0.311 e. The van der Waals surface area contributed by atoms with Gasteiger partial charge < -0.3 is 10.8 Å². The standard InChI is InChI=1S/C10H9N5O2/c11-3-6-1-2-7(13-4-6)5-15-10(17)8(16)9(12)14-15/h1-2,4,14,16H,5,12H2. The molecule has 0 saturated carbocycles. The molecule has 0 aromatic carbocycles. The van der Waals surface area contributed by atoms with Gasteiger partial charge in [-0.05, 0) is 12.1 Å². The molecule has 0 bridgehead atoms. The number of nitrogens with one attached hydrogen (secondary N) is 1.